The number of aromatic nitrogens is 1. The average Bonchev–Trinajstić information content (AvgIpc) is 3.00. The van der Waals surface area contributed by atoms with Crippen LogP contribution in [0, 0.1) is 5.82 Å². The Kier molecular flexibility index (Phi) is 13.8. The zero-order valence-corrected chi connectivity index (χ0v) is 18.5. The number of nitrogens with zero attached hydrogens (tertiary/aromatic N) is 1. The highest BCUT2D eigenvalue weighted by molar-refractivity contribution is 5.88. The Balaban J connectivity index is 2.34. The standard InChI is InChI=1S/C24H42FNO2/c1-4-7-9-10-11-12-13-14-15-16-17-18-21-20-26(19-8-5-2)23(22(21)25)24(27)28-6-3/h20H,4-19H2,1-3H3. The van der Waals surface area contributed by atoms with Gasteiger partial charge < -0.3 is 9.30 Å². The second-order valence-electron chi connectivity index (χ2n) is 7.87. The number of hydrogen-bond donors (Lipinski definition) is 0. The molecule has 28 heavy (non-hydrogen) atoms. The molecule has 0 radical (unpaired) electrons. The second-order valence-corrected chi connectivity index (χ2v) is 7.87. The van der Waals surface area contributed by atoms with E-state index >= 15 is 0 Å². The first-order valence-corrected chi connectivity index (χ1v) is 11.7. The molecular formula is C24H42FNO2. The molecule has 1 aromatic heterocycles. The summed E-state index contributed by atoms with van der Waals surface area (Å²) in [5.41, 5.74) is 0.767. The summed E-state index contributed by atoms with van der Waals surface area (Å²) in [7, 11) is 0. The summed E-state index contributed by atoms with van der Waals surface area (Å²) in [6.07, 6.45) is 18.6. The summed E-state index contributed by atoms with van der Waals surface area (Å²) in [5.74, 6) is -0.914. The molecule has 0 saturated heterocycles. The molecule has 0 aliphatic carbocycles. The summed E-state index contributed by atoms with van der Waals surface area (Å²) < 4.78 is 21.6. The topological polar surface area (TPSA) is 31.2 Å². The SMILES string of the molecule is CCCCCCCCCCCCCc1cn(CCCC)c(C(=O)OCC)c1F. The van der Waals surface area contributed by atoms with Crippen LogP contribution in [0.1, 0.15) is 120 Å². The van der Waals surface area contributed by atoms with Gasteiger partial charge in [0.15, 0.2) is 11.5 Å². The molecule has 0 fully saturated rings. The van der Waals surface area contributed by atoms with Gasteiger partial charge >= 0.3 is 5.97 Å². The van der Waals surface area contributed by atoms with E-state index in [9.17, 15) is 9.18 Å². The molecule has 0 aromatic carbocycles. The van der Waals surface area contributed by atoms with Crippen LogP contribution in [0.5, 0.6) is 0 Å². The van der Waals surface area contributed by atoms with Crippen LogP contribution >= 0.6 is 0 Å². The number of carbonyl (C=O) groups excluding carboxylic acids is 1. The lowest BCUT2D eigenvalue weighted by Crippen LogP contribution is -2.13. The first-order chi connectivity index (χ1) is 13.7. The van der Waals surface area contributed by atoms with Crippen molar-refractivity contribution in [1.29, 1.82) is 0 Å². The maximum atomic E-state index is 14.8. The Labute approximate surface area is 172 Å². The van der Waals surface area contributed by atoms with E-state index in [-0.39, 0.29) is 18.1 Å². The van der Waals surface area contributed by atoms with Crippen molar-refractivity contribution in [3.8, 4) is 0 Å². The van der Waals surface area contributed by atoms with E-state index in [1.165, 1.54) is 57.8 Å². The molecule has 4 heteroatoms. The molecular weight excluding hydrogens is 353 g/mol. The number of rotatable bonds is 17. The smallest absolute Gasteiger partial charge is 0.358 e. The molecule has 0 atom stereocenters. The summed E-state index contributed by atoms with van der Waals surface area (Å²) in [4.78, 5) is 12.1. The largest absolute Gasteiger partial charge is 0.461 e. The molecule has 0 amide bonds. The van der Waals surface area contributed by atoms with Crippen molar-refractivity contribution in [2.75, 3.05) is 6.61 Å². The number of unbranched alkanes of at least 4 members (excludes halogenated alkanes) is 11. The van der Waals surface area contributed by atoms with Crippen LogP contribution < -0.4 is 0 Å². The number of carbonyl (C=O) groups is 1. The fourth-order valence-corrected chi connectivity index (χ4v) is 3.65. The van der Waals surface area contributed by atoms with Gasteiger partial charge in [-0.05, 0) is 26.2 Å². The third kappa shape index (κ3) is 9.25. The maximum absolute atomic E-state index is 14.8. The van der Waals surface area contributed by atoms with E-state index in [2.05, 4.69) is 13.8 Å². The Morgan fingerprint density at radius 3 is 1.93 bits per heavy atom. The van der Waals surface area contributed by atoms with Gasteiger partial charge in [0.1, 0.15) is 0 Å². The van der Waals surface area contributed by atoms with Gasteiger partial charge in [-0.3, -0.25) is 0 Å². The van der Waals surface area contributed by atoms with Gasteiger partial charge in [0.2, 0.25) is 0 Å². The fraction of sp³-hybridized carbons (Fsp3) is 0.792. The van der Waals surface area contributed by atoms with E-state index in [4.69, 9.17) is 4.74 Å². The van der Waals surface area contributed by atoms with Gasteiger partial charge in [-0.15, -0.1) is 0 Å². The lowest BCUT2D eigenvalue weighted by molar-refractivity contribution is 0.0507. The Morgan fingerprint density at radius 1 is 0.857 bits per heavy atom. The van der Waals surface area contributed by atoms with Crippen molar-refractivity contribution < 1.29 is 13.9 Å². The van der Waals surface area contributed by atoms with E-state index in [1.54, 1.807) is 11.5 Å². The zero-order chi connectivity index (χ0) is 20.6. The lowest BCUT2D eigenvalue weighted by Gasteiger charge is -2.07. The number of hydrogen-bond acceptors (Lipinski definition) is 2. The molecule has 1 rings (SSSR count). The monoisotopic (exact) mass is 395 g/mol. The van der Waals surface area contributed by atoms with Crippen LogP contribution in [0.4, 0.5) is 4.39 Å². The van der Waals surface area contributed by atoms with E-state index in [0.717, 1.165) is 25.7 Å². The van der Waals surface area contributed by atoms with Crippen molar-refractivity contribution >= 4 is 5.97 Å². The van der Waals surface area contributed by atoms with Crippen LogP contribution in [0.15, 0.2) is 6.20 Å². The normalized spacial score (nSPS) is 11.1. The summed E-state index contributed by atoms with van der Waals surface area (Å²) in [6.45, 7) is 7.03. The highest BCUT2D eigenvalue weighted by Gasteiger charge is 2.22. The highest BCUT2D eigenvalue weighted by Crippen LogP contribution is 2.21. The van der Waals surface area contributed by atoms with Crippen LogP contribution in [0.2, 0.25) is 0 Å². The molecule has 0 unspecified atom stereocenters. The molecule has 1 aromatic rings. The van der Waals surface area contributed by atoms with Crippen LogP contribution in [-0.2, 0) is 17.7 Å². The van der Waals surface area contributed by atoms with Crippen LogP contribution in [0.25, 0.3) is 0 Å². The van der Waals surface area contributed by atoms with Crippen molar-refractivity contribution in [3.05, 3.63) is 23.3 Å². The minimum absolute atomic E-state index is 0.105. The average molecular weight is 396 g/mol. The molecule has 0 spiro atoms. The molecule has 0 aliphatic heterocycles. The van der Waals surface area contributed by atoms with E-state index < -0.39 is 5.97 Å². The number of esters is 1. The Bertz CT molecular complexity index is 539. The predicted octanol–water partition coefficient (Wildman–Crippen LogP) is 7.46. The minimum Gasteiger partial charge on any atom is -0.461 e. The first kappa shape index (κ1) is 24.7. The minimum atomic E-state index is -0.540. The van der Waals surface area contributed by atoms with E-state index in [0.29, 0.717) is 18.5 Å². The summed E-state index contributed by atoms with van der Waals surface area (Å²) in [5, 5.41) is 0. The Hall–Kier alpha value is -1.32. The van der Waals surface area contributed by atoms with Crippen LogP contribution in [0.3, 0.4) is 0 Å². The zero-order valence-electron chi connectivity index (χ0n) is 18.5. The highest BCUT2D eigenvalue weighted by atomic mass is 19.1. The number of aryl methyl sites for hydroxylation is 2. The van der Waals surface area contributed by atoms with Gasteiger partial charge in [0, 0.05) is 18.3 Å². The first-order valence-electron chi connectivity index (χ1n) is 11.7. The molecule has 3 nitrogen and oxygen atoms in total. The fourth-order valence-electron chi connectivity index (χ4n) is 3.65. The Morgan fingerprint density at radius 2 is 1.39 bits per heavy atom. The van der Waals surface area contributed by atoms with Gasteiger partial charge in [-0.1, -0.05) is 84.5 Å². The van der Waals surface area contributed by atoms with E-state index in [1.807, 2.05) is 6.20 Å². The van der Waals surface area contributed by atoms with Crippen molar-refractivity contribution in [1.82, 2.24) is 4.57 Å². The number of ether oxygens (including phenoxy) is 1. The van der Waals surface area contributed by atoms with Gasteiger partial charge in [0.25, 0.3) is 0 Å². The van der Waals surface area contributed by atoms with Crippen molar-refractivity contribution in [2.24, 2.45) is 0 Å². The number of halogens is 1. The van der Waals surface area contributed by atoms with Crippen molar-refractivity contribution in [3.63, 3.8) is 0 Å². The lowest BCUT2D eigenvalue weighted by atomic mass is 10.0. The summed E-state index contributed by atoms with van der Waals surface area (Å²) >= 11 is 0. The van der Waals surface area contributed by atoms with Gasteiger partial charge in [0.05, 0.1) is 6.61 Å². The second kappa shape index (κ2) is 15.6. The molecule has 0 saturated carbocycles. The summed E-state index contributed by atoms with van der Waals surface area (Å²) in [6, 6.07) is 0. The molecule has 0 aliphatic rings. The molecule has 0 bridgehead atoms. The molecule has 162 valence electrons. The maximum Gasteiger partial charge on any atom is 0.358 e. The third-order valence-electron chi connectivity index (χ3n) is 5.36. The predicted molar refractivity (Wildman–Crippen MR) is 115 cm³/mol. The van der Waals surface area contributed by atoms with Crippen LogP contribution in [-0.4, -0.2) is 17.1 Å². The van der Waals surface area contributed by atoms with Gasteiger partial charge in [-0.25, -0.2) is 9.18 Å². The third-order valence-corrected chi connectivity index (χ3v) is 5.36. The quantitative estimate of drug-likeness (QED) is 0.202. The van der Waals surface area contributed by atoms with Gasteiger partial charge in [-0.2, -0.15) is 0 Å². The van der Waals surface area contributed by atoms with Crippen molar-refractivity contribution in [2.45, 2.75) is 117 Å². The molecule has 0 N–H and O–H groups in total. The molecule has 1 heterocycles.